The van der Waals surface area contributed by atoms with Crippen molar-refractivity contribution in [1.29, 1.82) is 0 Å². The second-order valence-electron chi connectivity index (χ2n) is 6.06. The smallest absolute Gasteiger partial charge is 0.255 e. The third-order valence-corrected chi connectivity index (χ3v) is 3.93. The maximum absolute atomic E-state index is 12.9. The predicted octanol–water partition coefficient (Wildman–Crippen LogP) is 4.44. The number of amides is 1. The van der Waals surface area contributed by atoms with Gasteiger partial charge in [0.05, 0.1) is 11.9 Å². The molecule has 2 N–H and O–H groups in total. The lowest BCUT2D eigenvalue weighted by Gasteiger charge is -2.08. The van der Waals surface area contributed by atoms with Crippen molar-refractivity contribution in [2.24, 2.45) is 0 Å². The van der Waals surface area contributed by atoms with Crippen LogP contribution < -0.4 is 10.6 Å². The summed E-state index contributed by atoms with van der Waals surface area (Å²) < 4.78 is 12.9. The Hall–Kier alpha value is -3.21. The molecule has 0 radical (unpaired) electrons. The minimum Gasteiger partial charge on any atom is -0.370 e. The molecular formula is C21H20FN3O. The molecule has 26 heavy (non-hydrogen) atoms. The van der Waals surface area contributed by atoms with Gasteiger partial charge in [0.1, 0.15) is 11.6 Å². The highest BCUT2D eigenvalue weighted by Crippen LogP contribution is 2.12. The largest absolute Gasteiger partial charge is 0.370 e. The normalized spacial score (nSPS) is 10.4. The molecule has 0 saturated heterocycles. The van der Waals surface area contributed by atoms with Crippen LogP contribution in [-0.4, -0.2) is 17.4 Å². The Bertz CT molecular complexity index is 877. The molecule has 4 nitrogen and oxygen atoms in total. The van der Waals surface area contributed by atoms with E-state index in [1.165, 1.54) is 12.1 Å². The number of benzene rings is 2. The number of aryl methyl sites for hydroxylation is 1. The standard InChI is InChI=1S/C21H20FN3O/c1-15-3-2-4-17(13-15)21(26)25-19-9-10-20(24-14-19)23-12-11-16-5-7-18(22)8-6-16/h2-10,13-14H,11-12H2,1H3,(H,23,24)(H,25,26). The molecule has 0 spiro atoms. The zero-order chi connectivity index (χ0) is 18.4. The SMILES string of the molecule is Cc1cccc(C(=O)Nc2ccc(NCCc3ccc(F)cc3)nc2)c1. The third kappa shape index (κ3) is 4.89. The fraction of sp³-hybridized carbons (Fsp3) is 0.143. The van der Waals surface area contributed by atoms with Crippen LogP contribution in [0.2, 0.25) is 0 Å². The molecule has 0 aliphatic carbocycles. The molecule has 0 atom stereocenters. The van der Waals surface area contributed by atoms with Gasteiger partial charge in [-0.3, -0.25) is 4.79 Å². The van der Waals surface area contributed by atoms with E-state index < -0.39 is 0 Å². The van der Waals surface area contributed by atoms with E-state index in [2.05, 4.69) is 15.6 Å². The molecule has 0 bridgehead atoms. The van der Waals surface area contributed by atoms with Crippen LogP contribution in [0.15, 0.2) is 66.9 Å². The van der Waals surface area contributed by atoms with Crippen molar-refractivity contribution in [3.05, 3.63) is 89.4 Å². The van der Waals surface area contributed by atoms with E-state index in [9.17, 15) is 9.18 Å². The summed E-state index contributed by atoms with van der Waals surface area (Å²) in [6.45, 7) is 2.64. The van der Waals surface area contributed by atoms with Gasteiger partial charge in [-0.2, -0.15) is 0 Å². The fourth-order valence-corrected chi connectivity index (χ4v) is 2.55. The van der Waals surface area contributed by atoms with E-state index in [-0.39, 0.29) is 11.7 Å². The lowest BCUT2D eigenvalue weighted by molar-refractivity contribution is 0.102. The van der Waals surface area contributed by atoms with E-state index in [0.717, 1.165) is 23.4 Å². The van der Waals surface area contributed by atoms with Crippen molar-refractivity contribution in [3.63, 3.8) is 0 Å². The number of pyridine rings is 1. The van der Waals surface area contributed by atoms with Crippen LogP contribution in [0.5, 0.6) is 0 Å². The van der Waals surface area contributed by atoms with E-state index in [1.54, 1.807) is 30.5 Å². The maximum atomic E-state index is 12.9. The van der Waals surface area contributed by atoms with Gasteiger partial charge in [-0.1, -0.05) is 29.8 Å². The zero-order valence-corrected chi connectivity index (χ0v) is 14.5. The molecule has 1 aromatic heterocycles. The molecule has 0 saturated carbocycles. The highest BCUT2D eigenvalue weighted by atomic mass is 19.1. The first kappa shape index (κ1) is 17.6. The zero-order valence-electron chi connectivity index (χ0n) is 14.5. The number of aromatic nitrogens is 1. The Labute approximate surface area is 152 Å². The minimum atomic E-state index is -0.230. The van der Waals surface area contributed by atoms with Crippen molar-refractivity contribution < 1.29 is 9.18 Å². The van der Waals surface area contributed by atoms with Gasteiger partial charge in [0.2, 0.25) is 0 Å². The Morgan fingerprint density at radius 1 is 1.08 bits per heavy atom. The summed E-state index contributed by atoms with van der Waals surface area (Å²) in [5, 5.41) is 6.05. The van der Waals surface area contributed by atoms with E-state index in [0.29, 0.717) is 17.8 Å². The highest BCUT2D eigenvalue weighted by Gasteiger charge is 2.06. The van der Waals surface area contributed by atoms with Gasteiger partial charge in [0, 0.05) is 12.1 Å². The van der Waals surface area contributed by atoms with E-state index in [1.807, 2.05) is 31.2 Å². The first-order valence-corrected chi connectivity index (χ1v) is 8.42. The van der Waals surface area contributed by atoms with Crippen molar-refractivity contribution >= 4 is 17.4 Å². The molecule has 0 aliphatic rings. The van der Waals surface area contributed by atoms with Gasteiger partial charge >= 0.3 is 0 Å². The summed E-state index contributed by atoms with van der Waals surface area (Å²) in [5.74, 6) is 0.333. The molecule has 0 unspecified atom stereocenters. The number of nitrogens with zero attached hydrogens (tertiary/aromatic N) is 1. The number of nitrogens with one attached hydrogen (secondary N) is 2. The number of carbonyl (C=O) groups excluding carboxylic acids is 1. The third-order valence-electron chi connectivity index (χ3n) is 3.93. The van der Waals surface area contributed by atoms with Crippen molar-refractivity contribution in [1.82, 2.24) is 4.98 Å². The summed E-state index contributed by atoms with van der Waals surface area (Å²) in [7, 11) is 0. The van der Waals surface area contributed by atoms with Crippen LogP contribution in [0.3, 0.4) is 0 Å². The molecule has 1 heterocycles. The Morgan fingerprint density at radius 2 is 1.88 bits per heavy atom. The van der Waals surface area contributed by atoms with Crippen LogP contribution in [0.4, 0.5) is 15.9 Å². The number of anilines is 2. The molecular weight excluding hydrogens is 329 g/mol. The van der Waals surface area contributed by atoms with E-state index >= 15 is 0 Å². The maximum Gasteiger partial charge on any atom is 0.255 e. The van der Waals surface area contributed by atoms with E-state index in [4.69, 9.17) is 0 Å². The van der Waals surface area contributed by atoms with Gasteiger partial charge in [0.15, 0.2) is 0 Å². The van der Waals surface area contributed by atoms with Gasteiger partial charge in [-0.25, -0.2) is 9.37 Å². The highest BCUT2D eigenvalue weighted by molar-refractivity contribution is 6.04. The van der Waals surface area contributed by atoms with Crippen LogP contribution in [0.1, 0.15) is 21.5 Å². The van der Waals surface area contributed by atoms with Crippen LogP contribution in [-0.2, 0) is 6.42 Å². The fourth-order valence-electron chi connectivity index (χ4n) is 2.55. The predicted molar refractivity (Wildman–Crippen MR) is 102 cm³/mol. The molecule has 1 amide bonds. The second-order valence-corrected chi connectivity index (χ2v) is 6.06. The number of hydrogen-bond acceptors (Lipinski definition) is 3. The van der Waals surface area contributed by atoms with Gasteiger partial charge in [0.25, 0.3) is 5.91 Å². The summed E-state index contributed by atoms with van der Waals surface area (Å²) in [5.41, 5.74) is 3.35. The molecule has 3 aromatic rings. The minimum absolute atomic E-state index is 0.160. The summed E-state index contributed by atoms with van der Waals surface area (Å²) in [4.78, 5) is 16.5. The molecule has 132 valence electrons. The number of hydrogen-bond donors (Lipinski definition) is 2. The summed E-state index contributed by atoms with van der Waals surface area (Å²) >= 11 is 0. The summed E-state index contributed by atoms with van der Waals surface area (Å²) in [6.07, 6.45) is 2.39. The summed E-state index contributed by atoms with van der Waals surface area (Å²) in [6, 6.07) is 17.5. The Morgan fingerprint density at radius 3 is 2.58 bits per heavy atom. The lowest BCUT2D eigenvalue weighted by Crippen LogP contribution is -2.12. The lowest BCUT2D eigenvalue weighted by atomic mass is 10.1. The molecule has 2 aromatic carbocycles. The van der Waals surface area contributed by atoms with Crippen molar-refractivity contribution in [3.8, 4) is 0 Å². The topological polar surface area (TPSA) is 54.0 Å². The van der Waals surface area contributed by atoms with Crippen molar-refractivity contribution in [2.45, 2.75) is 13.3 Å². The molecule has 0 aliphatic heterocycles. The quantitative estimate of drug-likeness (QED) is 0.692. The van der Waals surface area contributed by atoms with Gasteiger partial charge in [-0.15, -0.1) is 0 Å². The first-order chi connectivity index (χ1) is 12.6. The van der Waals surface area contributed by atoms with Crippen LogP contribution in [0.25, 0.3) is 0 Å². The average Bonchev–Trinajstić information content (AvgIpc) is 2.65. The van der Waals surface area contributed by atoms with Gasteiger partial charge < -0.3 is 10.6 Å². The Kier molecular flexibility index (Phi) is 5.59. The number of carbonyl (C=O) groups is 1. The monoisotopic (exact) mass is 349 g/mol. The Balaban J connectivity index is 1.51. The first-order valence-electron chi connectivity index (χ1n) is 8.42. The molecule has 3 rings (SSSR count). The average molecular weight is 349 g/mol. The second kappa shape index (κ2) is 8.25. The van der Waals surface area contributed by atoms with Crippen molar-refractivity contribution in [2.75, 3.05) is 17.2 Å². The number of halogens is 1. The van der Waals surface area contributed by atoms with Crippen LogP contribution in [0, 0.1) is 12.7 Å². The van der Waals surface area contributed by atoms with Gasteiger partial charge in [-0.05, 0) is 55.3 Å². The van der Waals surface area contributed by atoms with Crippen LogP contribution >= 0.6 is 0 Å². The molecule has 5 heteroatoms. The number of rotatable bonds is 6. The molecule has 0 fully saturated rings.